The summed E-state index contributed by atoms with van der Waals surface area (Å²) in [5, 5.41) is 3.04. The number of aromatic nitrogens is 1. The summed E-state index contributed by atoms with van der Waals surface area (Å²) in [5.74, 6) is 1.02. The third-order valence-electron chi connectivity index (χ3n) is 3.27. The number of hydrogen-bond acceptors (Lipinski definition) is 5. The first-order valence-corrected chi connectivity index (χ1v) is 6.42. The molecule has 6 nitrogen and oxygen atoms in total. The Kier molecular flexibility index (Phi) is 3.71. The number of amides is 2. The van der Waals surface area contributed by atoms with Crippen molar-refractivity contribution in [1.82, 2.24) is 15.2 Å². The molecule has 1 unspecified atom stereocenters. The average molecular weight is 265 g/mol. The fraction of sp³-hybridized carbons (Fsp3) is 0.615. The van der Waals surface area contributed by atoms with Crippen molar-refractivity contribution in [3.63, 3.8) is 0 Å². The maximum atomic E-state index is 12.0. The third kappa shape index (κ3) is 2.68. The van der Waals surface area contributed by atoms with E-state index >= 15 is 0 Å². The molecular weight excluding hydrogens is 246 g/mol. The zero-order chi connectivity index (χ0) is 14.2. The van der Waals surface area contributed by atoms with E-state index in [4.69, 9.17) is 4.42 Å². The van der Waals surface area contributed by atoms with Gasteiger partial charge in [0.1, 0.15) is 5.76 Å². The van der Waals surface area contributed by atoms with Gasteiger partial charge in [-0.15, -0.1) is 0 Å². The number of oxazole rings is 1. The van der Waals surface area contributed by atoms with Crippen LogP contribution in [0.25, 0.3) is 0 Å². The number of nitrogens with zero attached hydrogens (tertiary/aromatic N) is 2. The summed E-state index contributed by atoms with van der Waals surface area (Å²) in [4.78, 5) is 29.3. The molecule has 19 heavy (non-hydrogen) atoms. The van der Waals surface area contributed by atoms with E-state index in [0.717, 1.165) is 11.5 Å². The van der Waals surface area contributed by atoms with Gasteiger partial charge in [0.05, 0.1) is 24.7 Å². The van der Waals surface area contributed by atoms with Crippen LogP contribution in [0.1, 0.15) is 37.6 Å². The normalized spacial score (nSPS) is 19.8. The molecule has 1 aromatic rings. The number of hydrogen-bond donors (Lipinski definition) is 1. The second-order valence-corrected chi connectivity index (χ2v) is 5.08. The Bertz CT molecular complexity index is 488. The van der Waals surface area contributed by atoms with E-state index in [-0.39, 0.29) is 24.3 Å². The van der Waals surface area contributed by atoms with Crippen LogP contribution in [0.4, 0.5) is 0 Å². The Hall–Kier alpha value is -1.69. The fourth-order valence-corrected chi connectivity index (χ4v) is 2.18. The monoisotopic (exact) mass is 265 g/mol. The van der Waals surface area contributed by atoms with Crippen LogP contribution in [0.5, 0.6) is 0 Å². The molecule has 2 heterocycles. The minimum absolute atomic E-state index is 0.0990. The zero-order valence-corrected chi connectivity index (χ0v) is 11.7. The van der Waals surface area contributed by atoms with E-state index in [9.17, 15) is 9.59 Å². The molecule has 1 aliphatic heterocycles. The molecule has 0 radical (unpaired) electrons. The number of rotatable bonds is 4. The first-order chi connectivity index (χ1) is 8.90. The minimum Gasteiger partial charge on any atom is -0.444 e. The number of carbonyl (C=O) groups excluding carboxylic acids is 2. The summed E-state index contributed by atoms with van der Waals surface area (Å²) >= 11 is 0. The number of nitrogens with one attached hydrogen (secondary N) is 1. The van der Waals surface area contributed by atoms with E-state index < -0.39 is 6.04 Å². The van der Waals surface area contributed by atoms with Gasteiger partial charge >= 0.3 is 0 Å². The molecule has 1 saturated heterocycles. The Labute approximate surface area is 112 Å². The lowest BCUT2D eigenvalue weighted by atomic mass is 10.2. The summed E-state index contributed by atoms with van der Waals surface area (Å²) in [6, 6.07) is -0.569. The molecular formula is C13H19N3O3. The molecule has 0 aliphatic carbocycles. The molecule has 0 bridgehead atoms. The van der Waals surface area contributed by atoms with E-state index in [1.54, 1.807) is 0 Å². The maximum absolute atomic E-state index is 12.0. The zero-order valence-electron chi connectivity index (χ0n) is 11.7. The Morgan fingerprint density at radius 3 is 2.58 bits per heavy atom. The molecule has 2 amide bonds. The molecule has 0 spiro atoms. The second kappa shape index (κ2) is 5.13. The van der Waals surface area contributed by atoms with Crippen LogP contribution in [0.2, 0.25) is 0 Å². The molecule has 1 N–H and O–H groups in total. The lowest BCUT2D eigenvalue weighted by Crippen LogP contribution is -2.41. The van der Waals surface area contributed by atoms with Crippen LogP contribution >= 0.6 is 0 Å². The third-order valence-corrected chi connectivity index (χ3v) is 3.27. The van der Waals surface area contributed by atoms with Crippen molar-refractivity contribution in [2.24, 2.45) is 0 Å². The minimum atomic E-state index is -0.470. The molecule has 1 atom stereocenters. The SMILES string of the molecule is Cc1nc(CNC2CC(=O)N(C(C)C)C2=O)oc1C. The van der Waals surface area contributed by atoms with Gasteiger partial charge in [-0.25, -0.2) is 4.98 Å². The highest BCUT2D eigenvalue weighted by atomic mass is 16.4. The predicted octanol–water partition coefficient (Wildman–Crippen LogP) is 0.917. The van der Waals surface area contributed by atoms with Crippen molar-refractivity contribution in [1.29, 1.82) is 0 Å². The van der Waals surface area contributed by atoms with Gasteiger partial charge in [0.15, 0.2) is 0 Å². The van der Waals surface area contributed by atoms with E-state index in [0.29, 0.717) is 12.4 Å². The van der Waals surface area contributed by atoms with Crippen molar-refractivity contribution < 1.29 is 14.0 Å². The standard InChI is InChI=1S/C13H19N3O3/c1-7(2)16-12(17)5-10(13(16)18)14-6-11-15-8(3)9(4)19-11/h7,10,14H,5-6H2,1-4H3. The highest BCUT2D eigenvalue weighted by Crippen LogP contribution is 2.17. The van der Waals surface area contributed by atoms with Crippen molar-refractivity contribution in [2.45, 2.75) is 52.7 Å². The summed E-state index contributed by atoms with van der Waals surface area (Å²) < 4.78 is 5.43. The molecule has 0 aromatic carbocycles. The van der Waals surface area contributed by atoms with Crippen LogP contribution in [0.3, 0.4) is 0 Å². The Morgan fingerprint density at radius 2 is 2.11 bits per heavy atom. The van der Waals surface area contributed by atoms with Gasteiger partial charge in [0.2, 0.25) is 17.7 Å². The van der Waals surface area contributed by atoms with Gasteiger partial charge in [-0.1, -0.05) is 0 Å². The Balaban J connectivity index is 1.97. The molecule has 2 rings (SSSR count). The van der Waals surface area contributed by atoms with Gasteiger partial charge in [-0.05, 0) is 27.7 Å². The first-order valence-electron chi connectivity index (χ1n) is 6.42. The van der Waals surface area contributed by atoms with Crippen molar-refractivity contribution >= 4 is 11.8 Å². The highest BCUT2D eigenvalue weighted by molar-refractivity contribution is 6.05. The van der Waals surface area contributed by atoms with Gasteiger partial charge in [0.25, 0.3) is 0 Å². The lowest BCUT2D eigenvalue weighted by molar-refractivity contribution is -0.140. The number of carbonyl (C=O) groups is 2. The number of aryl methyl sites for hydroxylation is 2. The summed E-state index contributed by atoms with van der Waals surface area (Å²) in [5.41, 5.74) is 0.842. The van der Waals surface area contributed by atoms with E-state index in [1.165, 1.54) is 4.90 Å². The quantitative estimate of drug-likeness (QED) is 0.819. The topological polar surface area (TPSA) is 75.4 Å². The summed E-state index contributed by atoms with van der Waals surface area (Å²) in [7, 11) is 0. The van der Waals surface area contributed by atoms with Crippen LogP contribution < -0.4 is 5.32 Å². The van der Waals surface area contributed by atoms with Crippen LogP contribution in [0, 0.1) is 13.8 Å². The molecule has 1 aliphatic rings. The van der Waals surface area contributed by atoms with Crippen LogP contribution in [-0.4, -0.2) is 33.8 Å². The second-order valence-electron chi connectivity index (χ2n) is 5.08. The van der Waals surface area contributed by atoms with Gasteiger partial charge < -0.3 is 4.42 Å². The van der Waals surface area contributed by atoms with E-state index in [1.807, 2.05) is 27.7 Å². The molecule has 0 saturated carbocycles. The average Bonchev–Trinajstić information content (AvgIpc) is 2.77. The van der Waals surface area contributed by atoms with E-state index in [2.05, 4.69) is 10.3 Å². The number of likely N-dealkylation sites (tertiary alicyclic amines) is 1. The predicted molar refractivity (Wildman–Crippen MR) is 68.2 cm³/mol. The largest absolute Gasteiger partial charge is 0.444 e. The smallest absolute Gasteiger partial charge is 0.247 e. The summed E-state index contributed by atoms with van der Waals surface area (Å²) in [6.45, 7) is 7.73. The van der Waals surface area contributed by atoms with Gasteiger partial charge in [0, 0.05) is 6.04 Å². The summed E-state index contributed by atoms with van der Waals surface area (Å²) in [6.07, 6.45) is 0.204. The van der Waals surface area contributed by atoms with Crippen molar-refractivity contribution in [3.05, 3.63) is 17.3 Å². The lowest BCUT2D eigenvalue weighted by Gasteiger charge is -2.18. The van der Waals surface area contributed by atoms with Crippen molar-refractivity contribution in [3.8, 4) is 0 Å². The highest BCUT2D eigenvalue weighted by Gasteiger charge is 2.39. The van der Waals surface area contributed by atoms with Crippen LogP contribution in [0.15, 0.2) is 4.42 Å². The molecule has 104 valence electrons. The first kappa shape index (κ1) is 13.7. The maximum Gasteiger partial charge on any atom is 0.247 e. The molecule has 1 aromatic heterocycles. The number of imide groups is 1. The molecule has 6 heteroatoms. The van der Waals surface area contributed by atoms with Gasteiger partial charge in [-0.2, -0.15) is 0 Å². The molecule has 1 fully saturated rings. The van der Waals surface area contributed by atoms with Crippen molar-refractivity contribution in [2.75, 3.05) is 0 Å². The van der Waals surface area contributed by atoms with Gasteiger partial charge in [-0.3, -0.25) is 19.8 Å². The fourth-order valence-electron chi connectivity index (χ4n) is 2.18. The Morgan fingerprint density at radius 1 is 1.42 bits per heavy atom. The van der Waals surface area contributed by atoms with Crippen LogP contribution in [-0.2, 0) is 16.1 Å².